The molecule has 4 heteroatoms. The predicted molar refractivity (Wildman–Crippen MR) is 67.2 cm³/mol. The third kappa shape index (κ3) is 2.86. The first-order valence-electron chi connectivity index (χ1n) is 4.11. The Morgan fingerprint density at radius 1 is 1.42 bits per heavy atom. The molecular weight excluding hydrogens is 378 g/mol. The molecule has 0 atom stereocenters. The van der Waals surface area contributed by atoms with Crippen molar-refractivity contribution in [2.75, 3.05) is 0 Å². The van der Waals surface area contributed by atoms with E-state index in [1.54, 1.807) is 0 Å². The van der Waals surface area contributed by atoms with Gasteiger partial charge in [-0.3, -0.25) is 0 Å². The Bertz CT molecular complexity index is 245. The Hall–Kier alpha value is 0.670. The summed E-state index contributed by atoms with van der Waals surface area (Å²) >= 11 is 4.61. The molecule has 1 aromatic heterocycles. The Balaban J connectivity index is 2.46. The van der Waals surface area contributed by atoms with E-state index < -0.39 is 0 Å². The summed E-state index contributed by atoms with van der Waals surface area (Å²) in [5, 5.41) is 0. The lowest BCUT2D eigenvalue weighted by atomic mass is 10.2. The van der Waals surface area contributed by atoms with Crippen LogP contribution in [0.2, 0.25) is 0 Å². The molecule has 0 bridgehead atoms. The van der Waals surface area contributed by atoms with E-state index in [0.717, 1.165) is 10.2 Å². The van der Waals surface area contributed by atoms with Crippen LogP contribution in [0.5, 0.6) is 0 Å². The normalized spacial score (nSPS) is 10.6. The van der Waals surface area contributed by atoms with Crippen molar-refractivity contribution in [1.82, 2.24) is 9.55 Å². The highest BCUT2D eigenvalue weighted by Gasteiger charge is 2.03. The van der Waals surface area contributed by atoms with Crippen LogP contribution in [0.15, 0.2) is 6.33 Å². The lowest BCUT2D eigenvalue weighted by molar-refractivity contribution is 0.594. The summed E-state index contributed by atoms with van der Waals surface area (Å²) in [5.41, 5.74) is 0. The van der Waals surface area contributed by atoms with Crippen LogP contribution in [-0.2, 0) is 6.54 Å². The minimum atomic E-state index is 1.11. The number of imidazole rings is 1. The Morgan fingerprint density at radius 3 is 2.67 bits per heavy atom. The quantitative estimate of drug-likeness (QED) is 0.570. The lowest BCUT2D eigenvalue weighted by Crippen LogP contribution is -1.98. The summed E-state index contributed by atoms with van der Waals surface area (Å²) in [7, 11) is 0. The second kappa shape index (κ2) is 5.41. The van der Waals surface area contributed by atoms with Gasteiger partial charge < -0.3 is 4.57 Å². The lowest BCUT2D eigenvalue weighted by Gasteiger charge is -2.02. The van der Waals surface area contributed by atoms with E-state index in [0.29, 0.717) is 0 Å². The third-order valence-corrected chi connectivity index (χ3v) is 4.69. The zero-order chi connectivity index (χ0) is 8.97. The van der Waals surface area contributed by atoms with Gasteiger partial charge in [0, 0.05) is 6.54 Å². The molecule has 1 heterocycles. The van der Waals surface area contributed by atoms with E-state index in [-0.39, 0.29) is 0 Å². The van der Waals surface area contributed by atoms with Crippen LogP contribution in [0.3, 0.4) is 0 Å². The maximum atomic E-state index is 4.24. The van der Waals surface area contributed by atoms with Crippen LogP contribution in [0.4, 0.5) is 0 Å². The van der Waals surface area contributed by atoms with Crippen LogP contribution in [0.25, 0.3) is 0 Å². The molecule has 12 heavy (non-hydrogen) atoms. The van der Waals surface area contributed by atoms with Crippen molar-refractivity contribution in [2.24, 2.45) is 0 Å². The van der Waals surface area contributed by atoms with Crippen molar-refractivity contribution >= 4 is 45.2 Å². The van der Waals surface area contributed by atoms with Gasteiger partial charge in [-0.25, -0.2) is 4.98 Å². The average molecular weight is 390 g/mol. The SMILES string of the molecule is CCCCCn1cnc(I)c1I. The Morgan fingerprint density at radius 2 is 2.17 bits per heavy atom. The van der Waals surface area contributed by atoms with Gasteiger partial charge in [0.05, 0.1) is 6.33 Å². The minimum Gasteiger partial charge on any atom is -0.325 e. The molecule has 0 fully saturated rings. The van der Waals surface area contributed by atoms with E-state index in [2.05, 4.69) is 61.7 Å². The number of unbranched alkanes of at least 4 members (excludes halogenated alkanes) is 2. The van der Waals surface area contributed by atoms with Crippen molar-refractivity contribution in [1.29, 1.82) is 0 Å². The van der Waals surface area contributed by atoms with E-state index >= 15 is 0 Å². The predicted octanol–water partition coefficient (Wildman–Crippen LogP) is 3.28. The van der Waals surface area contributed by atoms with E-state index in [9.17, 15) is 0 Å². The van der Waals surface area contributed by atoms with Gasteiger partial charge in [-0.1, -0.05) is 19.8 Å². The molecular formula is C8H12I2N2. The fourth-order valence-corrected chi connectivity index (χ4v) is 1.97. The van der Waals surface area contributed by atoms with Crippen molar-refractivity contribution in [3.8, 4) is 0 Å². The fourth-order valence-electron chi connectivity index (χ4n) is 1.03. The van der Waals surface area contributed by atoms with Crippen molar-refractivity contribution in [3.63, 3.8) is 0 Å². The van der Waals surface area contributed by atoms with Gasteiger partial charge in [-0.15, -0.1) is 0 Å². The smallest absolute Gasteiger partial charge is 0.132 e. The molecule has 0 aliphatic carbocycles. The maximum Gasteiger partial charge on any atom is 0.132 e. The van der Waals surface area contributed by atoms with Gasteiger partial charge in [-0.05, 0) is 51.6 Å². The van der Waals surface area contributed by atoms with Crippen molar-refractivity contribution in [2.45, 2.75) is 32.7 Å². The van der Waals surface area contributed by atoms with Crippen LogP contribution >= 0.6 is 45.2 Å². The van der Waals surface area contributed by atoms with Gasteiger partial charge in [-0.2, -0.15) is 0 Å². The highest BCUT2D eigenvalue weighted by molar-refractivity contribution is 14.1. The second-order valence-corrected chi connectivity index (χ2v) is 4.77. The van der Waals surface area contributed by atoms with Crippen LogP contribution in [0.1, 0.15) is 26.2 Å². The van der Waals surface area contributed by atoms with Crippen molar-refractivity contribution in [3.05, 3.63) is 13.7 Å². The van der Waals surface area contributed by atoms with Crippen LogP contribution in [-0.4, -0.2) is 9.55 Å². The summed E-state index contributed by atoms with van der Waals surface area (Å²) in [6, 6.07) is 0. The van der Waals surface area contributed by atoms with Gasteiger partial charge in [0.1, 0.15) is 7.40 Å². The number of hydrogen-bond acceptors (Lipinski definition) is 1. The molecule has 0 N–H and O–H groups in total. The third-order valence-electron chi connectivity index (χ3n) is 1.74. The molecule has 1 aromatic rings. The zero-order valence-corrected chi connectivity index (χ0v) is 11.4. The Kier molecular flexibility index (Phi) is 4.85. The monoisotopic (exact) mass is 390 g/mol. The summed E-state index contributed by atoms with van der Waals surface area (Å²) in [4.78, 5) is 4.24. The zero-order valence-electron chi connectivity index (χ0n) is 7.06. The summed E-state index contributed by atoms with van der Waals surface area (Å²) in [6.45, 7) is 3.34. The number of halogens is 2. The number of hydrogen-bond donors (Lipinski definition) is 0. The molecule has 0 amide bonds. The average Bonchev–Trinajstić information content (AvgIpc) is 2.36. The van der Waals surface area contributed by atoms with E-state index in [1.165, 1.54) is 23.0 Å². The molecule has 0 aliphatic rings. The number of rotatable bonds is 4. The van der Waals surface area contributed by atoms with Gasteiger partial charge in [0.25, 0.3) is 0 Å². The highest BCUT2D eigenvalue weighted by atomic mass is 127. The Labute approximate surface area is 100 Å². The molecule has 1 rings (SSSR count). The molecule has 0 unspecified atom stereocenters. The van der Waals surface area contributed by atoms with E-state index in [1.807, 2.05) is 6.33 Å². The maximum absolute atomic E-state index is 4.24. The van der Waals surface area contributed by atoms with E-state index in [4.69, 9.17) is 0 Å². The summed E-state index contributed by atoms with van der Waals surface area (Å²) in [6.07, 6.45) is 5.78. The number of aromatic nitrogens is 2. The molecule has 0 spiro atoms. The first-order valence-corrected chi connectivity index (χ1v) is 6.27. The molecule has 0 radical (unpaired) electrons. The first-order chi connectivity index (χ1) is 5.75. The largest absolute Gasteiger partial charge is 0.325 e. The fraction of sp³-hybridized carbons (Fsp3) is 0.625. The molecule has 0 saturated carbocycles. The highest BCUT2D eigenvalue weighted by Crippen LogP contribution is 2.13. The van der Waals surface area contributed by atoms with Gasteiger partial charge in [0.15, 0.2) is 0 Å². The van der Waals surface area contributed by atoms with Gasteiger partial charge >= 0.3 is 0 Å². The molecule has 0 aliphatic heterocycles. The topological polar surface area (TPSA) is 17.8 Å². The van der Waals surface area contributed by atoms with Crippen LogP contribution in [0, 0.1) is 7.40 Å². The second-order valence-electron chi connectivity index (χ2n) is 2.73. The molecule has 0 aromatic carbocycles. The van der Waals surface area contributed by atoms with Crippen molar-refractivity contribution < 1.29 is 0 Å². The number of nitrogens with zero attached hydrogens (tertiary/aromatic N) is 2. The number of aryl methyl sites for hydroxylation is 1. The standard InChI is InChI=1S/C8H12I2N2/c1-2-3-4-5-12-6-11-7(9)8(12)10/h6H,2-5H2,1H3. The minimum absolute atomic E-state index is 1.11. The molecule has 68 valence electrons. The summed E-state index contributed by atoms with van der Waals surface area (Å²) in [5.74, 6) is 0. The summed E-state index contributed by atoms with van der Waals surface area (Å²) < 4.78 is 4.60. The molecule has 0 saturated heterocycles. The first kappa shape index (κ1) is 10.7. The molecule has 2 nitrogen and oxygen atoms in total. The van der Waals surface area contributed by atoms with Crippen LogP contribution < -0.4 is 0 Å². The van der Waals surface area contributed by atoms with Gasteiger partial charge in [0.2, 0.25) is 0 Å².